The molecular weight excluding hydrogens is 232 g/mol. The van der Waals surface area contributed by atoms with Gasteiger partial charge in [-0.25, -0.2) is 13.8 Å². The standard InChI is InChI=1S/C11H13F2NO3/c1-3-17-10(15)6-8-7(11(12)13)4-5-9(14-8)16-2/h4-5,11H,3,6H2,1-2H3. The summed E-state index contributed by atoms with van der Waals surface area (Å²) in [5, 5.41) is 0. The third kappa shape index (κ3) is 3.65. The number of aromatic nitrogens is 1. The van der Waals surface area contributed by atoms with E-state index in [0.717, 1.165) is 0 Å². The molecule has 4 nitrogen and oxygen atoms in total. The molecule has 0 amide bonds. The molecule has 1 heterocycles. The number of halogens is 2. The summed E-state index contributed by atoms with van der Waals surface area (Å²) in [5.41, 5.74) is -0.295. The lowest BCUT2D eigenvalue weighted by molar-refractivity contribution is -0.142. The minimum Gasteiger partial charge on any atom is -0.481 e. The molecule has 0 fully saturated rings. The fourth-order valence-corrected chi connectivity index (χ4v) is 1.29. The zero-order valence-corrected chi connectivity index (χ0v) is 9.57. The minimum atomic E-state index is -2.68. The van der Waals surface area contributed by atoms with Gasteiger partial charge in [0.15, 0.2) is 0 Å². The highest BCUT2D eigenvalue weighted by Crippen LogP contribution is 2.24. The van der Waals surface area contributed by atoms with Gasteiger partial charge in [0.25, 0.3) is 6.43 Å². The van der Waals surface area contributed by atoms with E-state index in [9.17, 15) is 13.6 Å². The maximum atomic E-state index is 12.7. The first-order valence-corrected chi connectivity index (χ1v) is 5.06. The number of carbonyl (C=O) groups excluding carboxylic acids is 1. The lowest BCUT2D eigenvalue weighted by atomic mass is 10.1. The molecule has 0 atom stereocenters. The van der Waals surface area contributed by atoms with Crippen molar-refractivity contribution in [3.8, 4) is 5.88 Å². The molecular formula is C11H13F2NO3. The first kappa shape index (κ1) is 13.3. The summed E-state index contributed by atoms with van der Waals surface area (Å²) < 4.78 is 34.8. The number of hydrogen-bond acceptors (Lipinski definition) is 4. The maximum absolute atomic E-state index is 12.7. The Morgan fingerprint density at radius 2 is 2.18 bits per heavy atom. The van der Waals surface area contributed by atoms with E-state index in [-0.39, 0.29) is 30.2 Å². The molecule has 6 heteroatoms. The molecule has 0 radical (unpaired) electrons. The molecule has 0 saturated heterocycles. The van der Waals surface area contributed by atoms with Crippen LogP contribution in [-0.2, 0) is 16.0 Å². The summed E-state index contributed by atoms with van der Waals surface area (Å²) >= 11 is 0. The molecule has 0 bridgehead atoms. The number of carbonyl (C=O) groups is 1. The first-order valence-electron chi connectivity index (χ1n) is 5.06. The highest BCUT2D eigenvalue weighted by Gasteiger charge is 2.18. The van der Waals surface area contributed by atoms with Gasteiger partial charge in [0, 0.05) is 11.6 Å². The number of hydrogen-bond donors (Lipinski definition) is 0. The lowest BCUT2D eigenvalue weighted by Gasteiger charge is -2.09. The van der Waals surface area contributed by atoms with Gasteiger partial charge in [0.1, 0.15) is 0 Å². The van der Waals surface area contributed by atoms with Gasteiger partial charge in [-0.1, -0.05) is 0 Å². The minimum absolute atomic E-state index is 0.0159. The number of pyridine rings is 1. The van der Waals surface area contributed by atoms with E-state index < -0.39 is 12.4 Å². The predicted octanol–water partition coefficient (Wildman–Crippen LogP) is 2.13. The maximum Gasteiger partial charge on any atom is 0.311 e. The van der Waals surface area contributed by atoms with E-state index in [1.165, 1.54) is 19.2 Å². The highest BCUT2D eigenvalue weighted by atomic mass is 19.3. The quantitative estimate of drug-likeness (QED) is 0.745. The third-order valence-corrected chi connectivity index (χ3v) is 2.05. The van der Waals surface area contributed by atoms with Gasteiger partial charge >= 0.3 is 5.97 Å². The number of ether oxygens (including phenoxy) is 2. The number of esters is 1. The summed E-state index contributed by atoms with van der Waals surface area (Å²) in [4.78, 5) is 15.1. The Labute approximate surface area is 97.6 Å². The zero-order chi connectivity index (χ0) is 12.8. The van der Waals surface area contributed by atoms with Gasteiger partial charge in [-0.15, -0.1) is 0 Å². The van der Waals surface area contributed by atoms with Crippen LogP contribution in [0.1, 0.15) is 24.6 Å². The van der Waals surface area contributed by atoms with Crippen molar-refractivity contribution in [2.75, 3.05) is 13.7 Å². The Morgan fingerprint density at radius 3 is 2.71 bits per heavy atom. The van der Waals surface area contributed by atoms with Crippen molar-refractivity contribution >= 4 is 5.97 Å². The van der Waals surface area contributed by atoms with Crippen molar-refractivity contribution < 1.29 is 23.0 Å². The van der Waals surface area contributed by atoms with Crippen LogP contribution in [0.4, 0.5) is 8.78 Å². The van der Waals surface area contributed by atoms with E-state index in [2.05, 4.69) is 9.72 Å². The Hall–Kier alpha value is -1.72. The van der Waals surface area contributed by atoms with Crippen LogP contribution >= 0.6 is 0 Å². The Kier molecular flexibility index (Phi) is 4.81. The molecule has 1 aromatic rings. The second-order valence-electron chi connectivity index (χ2n) is 3.17. The van der Waals surface area contributed by atoms with Gasteiger partial charge in [0.05, 0.1) is 25.8 Å². The van der Waals surface area contributed by atoms with Crippen molar-refractivity contribution in [2.45, 2.75) is 19.8 Å². The van der Waals surface area contributed by atoms with Gasteiger partial charge in [0.2, 0.25) is 5.88 Å². The molecule has 94 valence electrons. The van der Waals surface area contributed by atoms with Crippen molar-refractivity contribution in [3.63, 3.8) is 0 Å². The molecule has 1 aromatic heterocycles. The topological polar surface area (TPSA) is 48.4 Å². The Balaban J connectivity index is 2.96. The summed E-state index contributed by atoms with van der Waals surface area (Å²) in [5.74, 6) is -0.399. The molecule has 0 spiro atoms. The number of nitrogens with zero attached hydrogens (tertiary/aromatic N) is 1. The smallest absolute Gasteiger partial charge is 0.311 e. The molecule has 0 aliphatic heterocycles. The summed E-state index contributed by atoms with van der Waals surface area (Å²) in [7, 11) is 1.37. The van der Waals surface area contributed by atoms with Crippen LogP contribution in [0.15, 0.2) is 12.1 Å². The SMILES string of the molecule is CCOC(=O)Cc1nc(OC)ccc1C(F)F. The average Bonchev–Trinajstić information content (AvgIpc) is 2.28. The Morgan fingerprint density at radius 1 is 1.47 bits per heavy atom. The largest absolute Gasteiger partial charge is 0.481 e. The van der Waals surface area contributed by atoms with Crippen molar-refractivity contribution in [3.05, 3.63) is 23.4 Å². The van der Waals surface area contributed by atoms with Crippen LogP contribution in [0.5, 0.6) is 5.88 Å². The van der Waals surface area contributed by atoms with E-state index in [1.54, 1.807) is 6.92 Å². The van der Waals surface area contributed by atoms with Crippen LogP contribution in [0.2, 0.25) is 0 Å². The molecule has 17 heavy (non-hydrogen) atoms. The van der Waals surface area contributed by atoms with Crippen LogP contribution in [-0.4, -0.2) is 24.7 Å². The molecule has 0 saturated carbocycles. The highest BCUT2D eigenvalue weighted by molar-refractivity contribution is 5.72. The third-order valence-electron chi connectivity index (χ3n) is 2.05. The summed E-state index contributed by atoms with van der Waals surface area (Å²) in [6.07, 6.45) is -2.97. The average molecular weight is 245 g/mol. The van der Waals surface area contributed by atoms with Crippen LogP contribution in [0.25, 0.3) is 0 Å². The normalized spacial score (nSPS) is 10.4. The van der Waals surface area contributed by atoms with Crippen LogP contribution in [0, 0.1) is 0 Å². The van der Waals surface area contributed by atoms with E-state index in [1.807, 2.05) is 0 Å². The first-order chi connectivity index (χ1) is 8.08. The monoisotopic (exact) mass is 245 g/mol. The number of alkyl halides is 2. The van der Waals surface area contributed by atoms with Gasteiger partial charge in [-0.2, -0.15) is 0 Å². The lowest BCUT2D eigenvalue weighted by Crippen LogP contribution is -2.11. The Bertz CT molecular complexity index is 396. The van der Waals surface area contributed by atoms with Crippen LogP contribution < -0.4 is 4.74 Å². The van der Waals surface area contributed by atoms with Gasteiger partial charge < -0.3 is 9.47 Å². The van der Waals surface area contributed by atoms with Crippen molar-refractivity contribution in [1.29, 1.82) is 0 Å². The summed E-state index contributed by atoms with van der Waals surface area (Å²) in [6, 6.07) is 2.53. The molecule has 0 aromatic carbocycles. The van der Waals surface area contributed by atoms with E-state index >= 15 is 0 Å². The number of methoxy groups -OCH3 is 1. The second-order valence-corrected chi connectivity index (χ2v) is 3.17. The van der Waals surface area contributed by atoms with Gasteiger partial charge in [-0.3, -0.25) is 4.79 Å². The molecule has 0 aliphatic rings. The molecule has 1 rings (SSSR count). The predicted molar refractivity (Wildman–Crippen MR) is 56.1 cm³/mol. The molecule has 0 N–H and O–H groups in total. The van der Waals surface area contributed by atoms with Gasteiger partial charge in [-0.05, 0) is 13.0 Å². The van der Waals surface area contributed by atoms with Crippen molar-refractivity contribution in [1.82, 2.24) is 4.98 Å². The van der Waals surface area contributed by atoms with Crippen LogP contribution in [0.3, 0.4) is 0 Å². The van der Waals surface area contributed by atoms with E-state index in [0.29, 0.717) is 0 Å². The zero-order valence-electron chi connectivity index (χ0n) is 9.57. The van der Waals surface area contributed by atoms with E-state index in [4.69, 9.17) is 4.74 Å². The fraction of sp³-hybridized carbons (Fsp3) is 0.455. The molecule has 0 unspecified atom stereocenters. The molecule has 0 aliphatic carbocycles. The second kappa shape index (κ2) is 6.12. The summed E-state index contributed by atoms with van der Waals surface area (Å²) in [6.45, 7) is 1.84. The van der Waals surface area contributed by atoms with Crippen molar-refractivity contribution in [2.24, 2.45) is 0 Å². The fourth-order valence-electron chi connectivity index (χ4n) is 1.29. The number of rotatable bonds is 5.